The molecular formula is C24H33F2N5O. The molecule has 174 valence electrons. The van der Waals surface area contributed by atoms with Crippen LogP contribution in [-0.4, -0.2) is 48.9 Å². The third-order valence-corrected chi connectivity index (χ3v) is 6.63. The number of nitrogens with one attached hydrogen (secondary N) is 3. The molecule has 2 heterocycles. The maximum atomic E-state index is 14.6. The molecule has 0 amide bonds. The third kappa shape index (κ3) is 5.92. The van der Waals surface area contributed by atoms with E-state index in [1.54, 1.807) is 19.2 Å². The minimum Gasteiger partial charge on any atom is -0.383 e. The summed E-state index contributed by atoms with van der Waals surface area (Å²) in [4.78, 5) is 8.08. The summed E-state index contributed by atoms with van der Waals surface area (Å²) in [7, 11) is 1.71. The molecule has 2 aliphatic carbocycles. The highest BCUT2D eigenvalue weighted by Gasteiger charge is 2.37. The van der Waals surface area contributed by atoms with E-state index in [1.807, 2.05) is 0 Å². The lowest BCUT2D eigenvalue weighted by Gasteiger charge is -2.30. The second-order valence-electron chi connectivity index (χ2n) is 9.42. The van der Waals surface area contributed by atoms with Crippen LogP contribution in [0.4, 0.5) is 20.3 Å². The molecule has 3 N–H and O–H groups in total. The second-order valence-corrected chi connectivity index (χ2v) is 9.42. The highest BCUT2D eigenvalue weighted by Crippen LogP contribution is 2.45. The summed E-state index contributed by atoms with van der Waals surface area (Å²) in [6.07, 6.45) is 9.04. The maximum absolute atomic E-state index is 14.6. The number of halogens is 2. The van der Waals surface area contributed by atoms with E-state index in [1.165, 1.54) is 12.4 Å². The summed E-state index contributed by atoms with van der Waals surface area (Å²) >= 11 is 0. The largest absolute Gasteiger partial charge is 0.383 e. The van der Waals surface area contributed by atoms with E-state index < -0.39 is 11.8 Å². The number of rotatable bonds is 10. The van der Waals surface area contributed by atoms with Crippen molar-refractivity contribution in [1.29, 1.82) is 0 Å². The van der Waals surface area contributed by atoms with Crippen molar-refractivity contribution >= 4 is 11.5 Å². The van der Waals surface area contributed by atoms with Crippen molar-refractivity contribution in [2.75, 3.05) is 37.4 Å². The summed E-state index contributed by atoms with van der Waals surface area (Å²) in [5.74, 6) is -0.390. The number of anilines is 2. The van der Waals surface area contributed by atoms with Gasteiger partial charge in [0.25, 0.3) is 0 Å². The Kier molecular flexibility index (Phi) is 7.20. The molecule has 0 aliphatic heterocycles. The number of hydrogen-bond donors (Lipinski definition) is 3. The normalized spacial score (nSPS) is 21.9. The van der Waals surface area contributed by atoms with Crippen molar-refractivity contribution in [3.05, 3.63) is 36.3 Å². The van der Waals surface area contributed by atoms with Gasteiger partial charge in [-0.25, -0.2) is 14.4 Å². The van der Waals surface area contributed by atoms with Crippen molar-refractivity contribution in [2.24, 2.45) is 5.41 Å². The van der Waals surface area contributed by atoms with Gasteiger partial charge in [-0.05, 0) is 56.1 Å². The quantitative estimate of drug-likeness (QED) is 0.367. The van der Waals surface area contributed by atoms with Crippen LogP contribution < -0.4 is 16.0 Å². The summed E-state index contributed by atoms with van der Waals surface area (Å²) < 4.78 is 33.9. The molecule has 0 atom stereocenters. The van der Waals surface area contributed by atoms with Gasteiger partial charge in [0.05, 0.1) is 18.5 Å². The van der Waals surface area contributed by atoms with Crippen LogP contribution in [0.15, 0.2) is 24.5 Å². The van der Waals surface area contributed by atoms with E-state index >= 15 is 0 Å². The molecule has 2 aromatic heterocycles. The maximum Gasteiger partial charge on any atom is 0.236 e. The number of ether oxygens (including phenoxy) is 1. The Hall–Kier alpha value is -2.32. The lowest BCUT2D eigenvalue weighted by Crippen LogP contribution is -2.38. The minimum atomic E-state index is -0.568. The predicted molar refractivity (Wildman–Crippen MR) is 123 cm³/mol. The van der Waals surface area contributed by atoms with E-state index in [2.05, 4.69) is 32.8 Å². The van der Waals surface area contributed by atoms with Gasteiger partial charge in [-0.15, -0.1) is 0 Å². The van der Waals surface area contributed by atoms with Crippen molar-refractivity contribution in [3.8, 4) is 11.1 Å². The molecule has 2 saturated carbocycles. The Bertz CT molecular complexity index is 913. The molecule has 0 saturated heterocycles. The molecule has 2 aromatic rings. The average molecular weight is 446 g/mol. The van der Waals surface area contributed by atoms with Crippen LogP contribution in [0.25, 0.3) is 11.1 Å². The van der Waals surface area contributed by atoms with Gasteiger partial charge in [0.2, 0.25) is 5.95 Å². The molecule has 0 aromatic carbocycles. The van der Waals surface area contributed by atoms with E-state index in [4.69, 9.17) is 4.74 Å². The third-order valence-electron chi connectivity index (χ3n) is 6.63. The van der Waals surface area contributed by atoms with Crippen molar-refractivity contribution in [2.45, 2.75) is 57.5 Å². The van der Waals surface area contributed by atoms with Crippen LogP contribution in [0.5, 0.6) is 0 Å². The van der Waals surface area contributed by atoms with Crippen LogP contribution in [0.3, 0.4) is 0 Å². The Balaban J connectivity index is 1.40. The lowest BCUT2D eigenvalue weighted by atomic mass is 9.91. The van der Waals surface area contributed by atoms with Gasteiger partial charge in [0.15, 0.2) is 0 Å². The average Bonchev–Trinajstić information content (AvgIpc) is 3.53. The Morgan fingerprint density at radius 3 is 2.53 bits per heavy atom. The smallest absolute Gasteiger partial charge is 0.236 e. The van der Waals surface area contributed by atoms with Crippen molar-refractivity contribution < 1.29 is 13.5 Å². The van der Waals surface area contributed by atoms with Crippen molar-refractivity contribution in [1.82, 2.24) is 15.3 Å². The van der Waals surface area contributed by atoms with Crippen LogP contribution in [0, 0.1) is 17.2 Å². The number of nitrogens with zero attached hydrogens (tertiary/aromatic N) is 2. The van der Waals surface area contributed by atoms with Crippen LogP contribution in [0.2, 0.25) is 0 Å². The second kappa shape index (κ2) is 10.1. The number of methoxy groups -OCH3 is 1. The fourth-order valence-corrected chi connectivity index (χ4v) is 4.17. The summed E-state index contributed by atoms with van der Waals surface area (Å²) in [5.41, 5.74) is 1.43. The molecule has 2 aliphatic rings. The first-order valence-electron chi connectivity index (χ1n) is 11.5. The zero-order chi connectivity index (χ0) is 22.6. The molecule has 6 nitrogen and oxygen atoms in total. The van der Waals surface area contributed by atoms with Gasteiger partial charge in [0, 0.05) is 49.6 Å². The Morgan fingerprint density at radius 2 is 1.81 bits per heavy atom. The first kappa shape index (κ1) is 22.9. The fraction of sp³-hybridized carbons (Fsp3) is 0.583. The molecule has 0 bridgehead atoms. The van der Waals surface area contributed by atoms with Gasteiger partial charge in [0.1, 0.15) is 11.6 Å². The Morgan fingerprint density at radius 1 is 1.06 bits per heavy atom. The van der Waals surface area contributed by atoms with Gasteiger partial charge in [-0.3, -0.25) is 0 Å². The van der Waals surface area contributed by atoms with Gasteiger partial charge in [-0.2, -0.15) is 4.39 Å². The van der Waals surface area contributed by atoms with Gasteiger partial charge in [-0.1, -0.05) is 6.92 Å². The molecule has 2 fully saturated rings. The first-order valence-corrected chi connectivity index (χ1v) is 11.5. The van der Waals surface area contributed by atoms with E-state index in [0.29, 0.717) is 41.3 Å². The number of aromatic nitrogens is 2. The standard InChI is InChI=1S/C24H33F2N5O/c1-24(7-8-24)15-30-21-11-16(13-29-23(21)26)19-12-22(28-14-20(19)25)31-18-5-3-17(4-6-18)27-9-10-32-2/h11-14,17-18,27,30H,3-10,15H2,1-2H3,(H,28,31). The first-order chi connectivity index (χ1) is 15.5. The monoisotopic (exact) mass is 445 g/mol. The van der Waals surface area contributed by atoms with Crippen LogP contribution in [0.1, 0.15) is 45.4 Å². The van der Waals surface area contributed by atoms with E-state index in [0.717, 1.165) is 51.7 Å². The van der Waals surface area contributed by atoms with E-state index in [-0.39, 0.29) is 5.41 Å². The summed E-state index contributed by atoms with van der Waals surface area (Å²) in [6.45, 7) is 4.43. The molecule has 0 unspecified atom stereocenters. The predicted octanol–water partition coefficient (Wildman–Crippen LogP) is 4.59. The number of pyridine rings is 2. The van der Waals surface area contributed by atoms with Crippen molar-refractivity contribution in [3.63, 3.8) is 0 Å². The molecule has 32 heavy (non-hydrogen) atoms. The molecule has 4 rings (SSSR count). The molecule has 0 spiro atoms. The molecule has 0 radical (unpaired) electrons. The van der Waals surface area contributed by atoms with Gasteiger partial charge >= 0.3 is 0 Å². The fourth-order valence-electron chi connectivity index (χ4n) is 4.17. The molecule has 8 heteroatoms. The summed E-state index contributed by atoms with van der Waals surface area (Å²) in [6, 6.07) is 4.13. The van der Waals surface area contributed by atoms with Gasteiger partial charge < -0.3 is 20.7 Å². The summed E-state index contributed by atoms with van der Waals surface area (Å²) in [5, 5.41) is 10.1. The highest BCUT2D eigenvalue weighted by atomic mass is 19.1. The zero-order valence-electron chi connectivity index (χ0n) is 18.9. The van der Waals surface area contributed by atoms with Crippen LogP contribution in [-0.2, 0) is 4.74 Å². The SMILES string of the molecule is COCCNC1CCC(Nc2cc(-c3cnc(F)c(NCC4(C)CC4)c3)c(F)cn2)CC1. The van der Waals surface area contributed by atoms with E-state index in [9.17, 15) is 8.78 Å². The zero-order valence-corrected chi connectivity index (χ0v) is 18.9. The topological polar surface area (TPSA) is 71.1 Å². The highest BCUT2D eigenvalue weighted by molar-refractivity contribution is 5.69. The van der Waals surface area contributed by atoms with Crippen LogP contribution >= 0.6 is 0 Å². The lowest BCUT2D eigenvalue weighted by molar-refractivity contribution is 0.191. The Labute approximate surface area is 188 Å². The molecular weight excluding hydrogens is 412 g/mol. The number of hydrogen-bond acceptors (Lipinski definition) is 6. The minimum absolute atomic E-state index is 0.222.